The van der Waals surface area contributed by atoms with E-state index >= 15 is 0 Å². The van der Waals surface area contributed by atoms with Crippen LogP contribution in [0.3, 0.4) is 0 Å². The molecule has 2 unspecified atom stereocenters. The number of carboxylic acid groups (broad SMARTS) is 1. The maximum atomic E-state index is 11.9. The van der Waals surface area contributed by atoms with Gasteiger partial charge in [0.05, 0.1) is 17.3 Å². The number of aliphatic carboxylic acids is 1. The molecule has 1 amide bonds. The highest BCUT2D eigenvalue weighted by Crippen LogP contribution is 2.19. The van der Waals surface area contributed by atoms with Gasteiger partial charge in [-0.05, 0) is 35.0 Å². The van der Waals surface area contributed by atoms with Crippen molar-refractivity contribution in [1.29, 1.82) is 0 Å². The Hall–Kier alpha value is -1.43. The summed E-state index contributed by atoms with van der Waals surface area (Å²) in [5, 5.41) is 11.5. The minimum atomic E-state index is -0.983. The molecule has 0 radical (unpaired) electrons. The van der Waals surface area contributed by atoms with Gasteiger partial charge < -0.3 is 10.4 Å². The molecule has 0 bridgehead atoms. The van der Waals surface area contributed by atoms with Gasteiger partial charge in [-0.3, -0.25) is 9.59 Å². The van der Waals surface area contributed by atoms with Crippen molar-refractivity contribution in [2.24, 2.45) is 11.8 Å². The van der Waals surface area contributed by atoms with Crippen LogP contribution in [0.2, 0.25) is 0 Å². The van der Waals surface area contributed by atoms with Gasteiger partial charge in [-0.1, -0.05) is 13.8 Å². The highest BCUT2D eigenvalue weighted by Gasteiger charge is 2.26. The molecule has 1 aromatic heterocycles. The van der Waals surface area contributed by atoms with Crippen LogP contribution in [0.4, 0.5) is 5.69 Å². The third-order valence-electron chi connectivity index (χ3n) is 2.86. The van der Waals surface area contributed by atoms with E-state index < -0.39 is 17.8 Å². The Bertz CT molecular complexity index is 476. The van der Waals surface area contributed by atoms with Gasteiger partial charge in [0.15, 0.2) is 0 Å². The first-order chi connectivity index (χ1) is 8.32. The van der Waals surface area contributed by atoms with Crippen LogP contribution in [0.5, 0.6) is 0 Å². The smallest absolute Gasteiger partial charge is 0.307 e. The molecule has 2 N–H and O–H groups in total. The molecule has 0 saturated carbocycles. The standard InChI is InChI=1S/C12H15BrN2O3/c1-6(7(2)12(17)18)11(16)15-9-4-5-10(13)14-8(9)3/h4-7H,1-3H3,(H,15,16)(H,17,18). The number of aryl methyl sites for hydroxylation is 1. The van der Waals surface area contributed by atoms with Crippen molar-refractivity contribution in [2.45, 2.75) is 20.8 Å². The van der Waals surface area contributed by atoms with E-state index in [2.05, 4.69) is 26.2 Å². The van der Waals surface area contributed by atoms with Crippen LogP contribution in [0.15, 0.2) is 16.7 Å². The lowest BCUT2D eigenvalue weighted by Gasteiger charge is -2.16. The summed E-state index contributed by atoms with van der Waals surface area (Å²) >= 11 is 3.23. The van der Waals surface area contributed by atoms with E-state index in [-0.39, 0.29) is 5.91 Å². The van der Waals surface area contributed by atoms with Crippen LogP contribution in [0, 0.1) is 18.8 Å². The summed E-state index contributed by atoms with van der Waals surface area (Å²) in [7, 11) is 0. The molecule has 2 atom stereocenters. The number of carboxylic acids is 1. The lowest BCUT2D eigenvalue weighted by molar-refractivity contribution is -0.145. The topological polar surface area (TPSA) is 79.3 Å². The first-order valence-electron chi connectivity index (χ1n) is 5.49. The summed E-state index contributed by atoms with van der Waals surface area (Å²) in [6.45, 7) is 4.88. The van der Waals surface area contributed by atoms with Crippen molar-refractivity contribution in [2.75, 3.05) is 5.32 Å². The molecule has 1 aromatic rings. The molecule has 0 fully saturated rings. The lowest BCUT2D eigenvalue weighted by Crippen LogP contribution is -2.30. The molecule has 0 saturated heterocycles. The van der Waals surface area contributed by atoms with Crippen molar-refractivity contribution >= 4 is 33.5 Å². The number of pyridine rings is 1. The number of halogens is 1. The number of aromatic nitrogens is 1. The van der Waals surface area contributed by atoms with Gasteiger partial charge in [-0.15, -0.1) is 0 Å². The number of amides is 1. The van der Waals surface area contributed by atoms with Crippen molar-refractivity contribution in [1.82, 2.24) is 4.98 Å². The molecule has 0 aliphatic carbocycles. The number of rotatable bonds is 4. The number of hydrogen-bond donors (Lipinski definition) is 2. The van der Waals surface area contributed by atoms with Crippen molar-refractivity contribution < 1.29 is 14.7 Å². The molecule has 1 rings (SSSR count). The number of carbonyl (C=O) groups is 2. The summed E-state index contributed by atoms with van der Waals surface area (Å²) in [5.74, 6) is -2.64. The van der Waals surface area contributed by atoms with E-state index in [0.717, 1.165) is 0 Å². The van der Waals surface area contributed by atoms with E-state index in [1.165, 1.54) is 6.92 Å². The third-order valence-corrected chi connectivity index (χ3v) is 3.30. The Morgan fingerprint density at radius 3 is 2.44 bits per heavy atom. The molecular formula is C12H15BrN2O3. The van der Waals surface area contributed by atoms with E-state index in [0.29, 0.717) is 16.0 Å². The minimum Gasteiger partial charge on any atom is -0.481 e. The molecule has 0 aliphatic rings. The van der Waals surface area contributed by atoms with E-state index in [9.17, 15) is 9.59 Å². The number of anilines is 1. The second-order valence-corrected chi connectivity index (χ2v) is 4.98. The summed E-state index contributed by atoms with van der Waals surface area (Å²) < 4.78 is 0.685. The van der Waals surface area contributed by atoms with E-state index in [4.69, 9.17) is 5.11 Å². The zero-order chi connectivity index (χ0) is 13.9. The molecule has 1 heterocycles. The van der Waals surface area contributed by atoms with Crippen molar-refractivity contribution in [3.05, 3.63) is 22.4 Å². The fraction of sp³-hybridized carbons (Fsp3) is 0.417. The monoisotopic (exact) mass is 314 g/mol. The highest BCUT2D eigenvalue weighted by atomic mass is 79.9. The van der Waals surface area contributed by atoms with Gasteiger partial charge in [0.25, 0.3) is 0 Å². The van der Waals surface area contributed by atoms with Crippen LogP contribution in [-0.4, -0.2) is 22.0 Å². The Kier molecular flexibility index (Phi) is 4.84. The maximum absolute atomic E-state index is 11.9. The summed E-state index contributed by atoms with van der Waals surface area (Å²) in [6, 6.07) is 3.44. The maximum Gasteiger partial charge on any atom is 0.307 e. The highest BCUT2D eigenvalue weighted by molar-refractivity contribution is 9.10. The molecule has 98 valence electrons. The fourth-order valence-corrected chi connectivity index (χ4v) is 1.75. The Morgan fingerprint density at radius 2 is 1.94 bits per heavy atom. The molecule has 0 spiro atoms. The van der Waals surface area contributed by atoms with Crippen LogP contribution in [0.1, 0.15) is 19.5 Å². The van der Waals surface area contributed by atoms with Gasteiger partial charge in [-0.25, -0.2) is 4.98 Å². The third kappa shape index (κ3) is 3.53. The second-order valence-electron chi connectivity index (χ2n) is 4.17. The summed E-state index contributed by atoms with van der Waals surface area (Å²) in [6.07, 6.45) is 0. The lowest BCUT2D eigenvalue weighted by atomic mass is 9.95. The summed E-state index contributed by atoms with van der Waals surface area (Å²) in [5.41, 5.74) is 1.26. The van der Waals surface area contributed by atoms with Crippen molar-refractivity contribution in [3.63, 3.8) is 0 Å². The molecule has 5 nitrogen and oxygen atoms in total. The van der Waals surface area contributed by atoms with Gasteiger partial charge in [0.1, 0.15) is 4.60 Å². The van der Waals surface area contributed by atoms with E-state index in [1.807, 2.05) is 0 Å². The zero-order valence-corrected chi connectivity index (χ0v) is 12.0. The Balaban J connectivity index is 2.78. The number of nitrogens with one attached hydrogen (secondary N) is 1. The average molecular weight is 315 g/mol. The molecular weight excluding hydrogens is 300 g/mol. The van der Waals surface area contributed by atoms with Crippen molar-refractivity contribution in [3.8, 4) is 0 Å². The van der Waals surface area contributed by atoms with Crippen LogP contribution >= 0.6 is 15.9 Å². The summed E-state index contributed by atoms with van der Waals surface area (Å²) in [4.78, 5) is 26.8. The Morgan fingerprint density at radius 1 is 1.33 bits per heavy atom. The average Bonchev–Trinajstić information content (AvgIpc) is 2.30. The molecule has 6 heteroatoms. The number of nitrogens with zero attached hydrogens (tertiary/aromatic N) is 1. The van der Waals surface area contributed by atoms with Gasteiger partial charge >= 0.3 is 5.97 Å². The zero-order valence-electron chi connectivity index (χ0n) is 10.4. The largest absolute Gasteiger partial charge is 0.481 e. The number of hydrogen-bond acceptors (Lipinski definition) is 3. The molecule has 0 aliphatic heterocycles. The van der Waals surface area contributed by atoms with Gasteiger partial charge in [0, 0.05) is 5.92 Å². The van der Waals surface area contributed by atoms with Crippen LogP contribution in [0.25, 0.3) is 0 Å². The molecule has 0 aromatic carbocycles. The molecule has 18 heavy (non-hydrogen) atoms. The quantitative estimate of drug-likeness (QED) is 0.837. The first-order valence-corrected chi connectivity index (χ1v) is 6.29. The fourth-order valence-electron chi connectivity index (χ4n) is 1.35. The SMILES string of the molecule is Cc1nc(Br)ccc1NC(=O)C(C)C(C)C(=O)O. The van der Waals surface area contributed by atoms with Crippen LogP contribution in [-0.2, 0) is 9.59 Å². The second kappa shape index (κ2) is 5.95. The normalized spacial score (nSPS) is 13.8. The first kappa shape index (κ1) is 14.6. The van der Waals surface area contributed by atoms with E-state index in [1.54, 1.807) is 26.0 Å². The Labute approximate surface area is 114 Å². The van der Waals surface area contributed by atoms with Gasteiger partial charge in [0.2, 0.25) is 5.91 Å². The number of carbonyl (C=O) groups excluding carboxylic acids is 1. The van der Waals surface area contributed by atoms with Crippen LogP contribution < -0.4 is 5.32 Å². The van der Waals surface area contributed by atoms with Gasteiger partial charge in [-0.2, -0.15) is 0 Å². The predicted octanol–water partition coefficient (Wildman–Crippen LogP) is 2.45. The predicted molar refractivity (Wildman–Crippen MR) is 71.3 cm³/mol. The minimum absolute atomic E-state index is 0.322.